The molecule has 6 nitrogen and oxygen atoms in total. The summed E-state index contributed by atoms with van der Waals surface area (Å²) in [5.41, 5.74) is 4.98. The second-order valence-corrected chi connectivity index (χ2v) is 7.60. The lowest BCUT2D eigenvalue weighted by molar-refractivity contribution is -0.171. The van der Waals surface area contributed by atoms with Crippen molar-refractivity contribution in [2.45, 2.75) is 51.3 Å². The lowest BCUT2D eigenvalue weighted by atomic mass is 9.54. The largest absolute Gasteiger partial charge is 0.378 e. The molecular formula is C19H27ClFN3O3. The topological polar surface area (TPSA) is 84.7 Å². The van der Waals surface area contributed by atoms with Crippen molar-refractivity contribution in [3.8, 4) is 0 Å². The Morgan fingerprint density at radius 2 is 2.07 bits per heavy atom. The molecule has 2 amide bonds. The first-order valence-corrected chi connectivity index (χ1v) is 8.99. The molecule has 1 aliphatic heterocycles. The van der Waals surface area contributed by atoms with E-state index < -0.39 is 22.8 Å². The van der Waals surface area contributed by atoms with E-state index in [-0.39, 0.29) is 36.0 Å². The van der Waals surface area contributed by atoms with E-state index in [1.165, 1.54) is 11.0 Å². The van der Waals surface area contributed by atoms with Crippen molar-refractivity contribution in [1.29, 1.82) is 0 Å². The highest BCUT2D eigenvalue weighted by Crippen LogP contribution is 2.50. The number of hydrogen-bond donors (Lipinski definition) is 2. The maximum Gasteiger partial charge on any atom is 0.249 e. The van der Waals surface area contributed by atoms with Gasteiger partial charge in [-0.25, -0.2) is 4.39 Å². The lowest BCUT2D eigenvalue weighted by Crippen LogP contribution is -2.76. The number of anilines is 1. The molecule has 8 heteroatoms. The number of carbonyl (C=O) groups excluding carboxylic acids is 2. The van der Waals surface area contributed by atoms with Crippen LogP contribution in [0.15, 0.2) is 24.3 Å². The van der Waals surface area contributed by atoms with E-state index in [1.54, 1.807) is 18.2 Å². The number of carbonyl (C=O) groups is 2. The average Bonchev–Trinajstić information content (AvgIpc) is 2.95. The highest BCUT2D eigenvalue weighted by molar-refractivity contribution is 6.02. The molecule has 0 radical (unpaired) electrons. The SMILES string of the molecule is CCOC1CC(N)(C(=O)NC2CCN(c3ccccc3F)C2=O)C1(C)C.Cl. The second kappa shape index (κ2) is 7.73. The molecule has 1 saturated heterocycles. The van der Waals surface area contributed by atoms with Gasteiger partial charge in [0, 0.05) is 25.0 Å². The van der Waals surface area contributed by atoms with Crippen LogP contribution < -0.4 is 16.0 Å². The summed E-state index contributed by atoms with van der Waals surface area (Å²) in [6.07, 6.45) is 0.750. The number of amides is 2. The number of nitrogens with one attached hydrogen (secondary N) is 1. The lowest BCUT2D eigenvalue weighted by Gasteiger charge is -2.57. The average molecular weight is 400 g/mol. The highest BCUT2D eigenvalue weighted by Gasteiger charge is 2.63. The van der Waals surface area contributed by atoms with Crippen LogP contribution in [0.25, 0.3) is 0 Å². The molecule has 2 aliphatic rings. The summed E-state index contributed by atoms with van der Waals surface area (Å²) in [5, 5.41) is 2.78. The molecule has 27 heavy (non-hydrogen) atoms. The van der Waals surface area contributed by atoms with E-state index in [9.17, 15) is 14.0 Å². The monoisotopic (exact) mass is 399 g/mol. The van der Waals surface area contributed by atoms with Gasteiger partial charge >= 0.3 is 0 Å². The van der Waals surface area contributed by atoms with Crippen molar-refractivity contribution in [3.05, 3.63) is 30.1 Å². The minimum absolute atomic E-state index is 0. The third kappa shape index (κ3) is 3.44. The summed E-state index contributed by atoms with van der Waals surface area (Å²) < 4.78 is 19.6. The number of ether oxygens (including phenoxy) is 1. The number of rotatable bonds is 5. The standard InChI is InChI=1S/C19H26FN3O3.ClH/c1-4-26-15-11-19(21,18(15,2)3)17(25)22-13-9-10-23(16(13)24)14-8-6-5-7-12(14)20;/h5-8,13,15H,4,9-11,21H2,1-3H3,(H,22,25);1H. The normalized spacial score (nSPS) is 29.1. The van der Waals surface area contributed by atoms with Gasteiger partial charge < -0.3 is 20.7 Å². The number of halogens is 2. The zero-order valence-electron chi connectivity index (χ0n) is 15.8. The van der Waals surface area contributed by atoms with Crippen molar-refractivity contribution in [2.75, 3.05) is 18.1 Å². The molecule has 0 aromatic heterocycles. The third-order valence-electron chi connectivity index (χ3n) is 5.89. The summed E-state index contributed by atoms with van der Waals surface area (Å²) in [5.74, 6) is -1.12. The fourth-order valence-corrected chi connectivity index (χ4v) is 3.83. The predicted octanol–water partition coefficient (Wildman–Crippen LogP) is 2.00. The van der Waals surface area contributed by atoms with Gasteiger partial charge in [-0.3, -0.25) is 9.59 Å². The Morgan fingerprint density at radius 3 is 2.67 bits per heavy atom. The molecular weight excluding hydrogens is 373 g/mol. The van der Waals surface area contributed by atoms with E-state index >= 15 is 0 Å². The Bertz CT molecular complexity index is 730. The third-order valence-corrected chi connectivity index (χ3v) is 5.89. The fourth-order valence-electron chi connectivity index (χ4n) is 3.83. The summed E-state index contributed by atoms with van der Waals surface area (Å²) in [4.78, 5) is 26.8. The van der Waals surface area contributed by atoms with Gasteiger partial charge in [0.15, 0.2) is 0 Å². The maximum absolute atomic E-state index is 14.0. The molecule has 150 valence electrons. The summed E-state index contributed by atoms with van der Waals surface area (Å²) in [7, 11) is 0. The van der Waals surface area contributed by atoms with Gasteiger partial charge in [-0.05, 0) is 25.5 Å². The van der Waals surface area contributed by atoms with Crippen LogP contribution in [0.5, 0.6) is 0 Å². The Kier molecular flexibility index (Phi) is 6.19. The zero-order valence-corrected chi connectivity index (χ0v) is 16.6. The Labute approximate surface area is 165 Å². The summed E-state index contributed by atoms with van der Waals surface area (Å²) in [6, 6.07) is 5.43. The van der Waals surface area contributed by atoms with Gasteiger partial charge in [-0.2, -0.15) is 0 Å². The first kappa shape index (κ1) is 21.6. The van der Waals surface area contributed by atoms with Crippen molar-refractivity contribution in [2.24, 2.45) is 11.1 Å². The number of nitrogens with two attached hydrogens (primary N) is 1. The molecule has 1 heterocycles. The van der Waals surface area contributed by atoms with Crippen molar-refractivity contribution >= 4 is 29.9 Å². The van der Waals surface area contributed by atoms with E-state index in [4.69, 9.17) is 10.5 Å². The molecule has 2 fully saturated rings. The molecule has 1 aromatic carbocycles. The van der Waals surface area contributed by atoms with Crippen molar-refractivity contribution in [1.82, 2.24) is 5.32 Å². The molecule has 3 N–H and O–H groups in total. The van der Waals surface area contributed by atoms with Crippen LogP contribution in [0.3, 0.4) is 0 Å². The quantitative estimate of drug-likeness (QED) is 0.793. The molecule has 1 saturated carbocycles. The fraction of sp³-hybridized carbons (Fsp3) is 0.579. The molecule has 3 rings (SSSR count). The Morgan fingerprint density at radius 1 is 1.41 bits per heavy atom. The van der Waals surface area contributed by atoms with Gasteiger partial charge in [0.2, 0.25) is 11.8 Å². The van der Waals surface area contributed by atoms with Crippen molar-refractivity contribution in [3.63, 3.8) is 0 Å². The summed E-state index contributed by atoms with van der Waals surface area (Å²) in [6.45, 7) is 6.62. The van der Waals surface area contributed by atoms with Crippen LogP contribution in [0.2, 0.25) is 0 Å². The summed E-state index contributed by atoms with van der Waals surface area (Å²) >= 11 is 0. The first-order valence-electron chi connectivity index (χ1n) is 8.99. The van der Waals surface area contributed by atoms with Crippen LogP contribution in [0.1, 0.15) is 33.6 Å². The van der Waals surface area contributed by atoms with Crippen LogP contribution in [-0.2, 0) is 14.3 Å². The van der Waals surface area contributed by atoms with Gasteiger partial charge in [-0.15, -0.1) is 12.4 Å². The van der Waals surface area contributed by atoms with E-state index in [1.807, 2.05) is 20.8 Å². The molecule has 1 aromatic rings. The Hall–Kier alpha value is -1.70. The number of benzene rings is 1. The van der Waals surface area contributed by atoms with E-state index in [0.717, 1.165) is 0 Å². The maximum atomic E-state index is 14.0. The van der Waals surface area contributed by atoms with Crippen molar-refractivity contribution < 1.29 is 18.7 Å². The molecule has 3 atom stereocenters. The smallest absolute Gasteiger partial charge is 0.249 e. The Balaban J connectivity index is 0.00000261. The highest BCUT2D eigenvalue weighted by atomic mass is 35.5. The number of nitrogens with zero attached hydrogens (tertiary/aromatic N) is 1. The zero-order chi connectivity index (χ0) is 19.1. The van der Waals surface area contributed by atoms with Crippen LogP contribution in [0.4, 0.5) is 10.1 Å². The molecule has 3 unspecified atom stereocenters. The van der Waals surface area contributed by atoms with Crippen LogP contribution in [0, 0.1) is 11.2 Å². The minimum Gasteiger partial charge on any atom is -0.378 e. The minimum atomic E-state index is -1.08. The van der Waals surface area contributed by atoms with Crippen LogP contribution >= 0.6 is 12.4 Å². The van der Waals surface area contributed by atoms with Gasteiger partial charge in [0.05, 0.1) is 11.8 Å². The van der Waals surface area contributed by atoms with E-state index in [2.05, 4.69) is 5.32 Å². The first-order chi connectivity index (χ1) is 12.2. The number of para-hydroxylation sites is 1. The van der Waals surface area contributed by atoms with Crippen LogP contribution in [-0.4, -0.2) is 42.7 Å². The number of hydrogen-bond acceptors (Lipinski definition) is 4. The molecule has 0 spiro atoms. The van der Waals surface area contributed by atoms with Gasteiger partial charge in [-0.1, -0.05) is 26.0 Å². The second-order valence-electron chi connectivity index (χ2n) is 7.60. The molecule has 1 aliphatic carbocycles. The van der Waals surface area contributed by atoms with Gasteiger partial charge in [0.1, 0.15) is 17.4 Å². The van der Waals surface area contributed by atoms with Gasteiger partial charge in [0.25, 0.3) is 0 Å². The molecule has 0 bridgehead atoms. The van der Waals surface area contributed by atoms with E-state index in [0.29, 0.717) is 26.0 Å². The predicted molar refractivity (Wildman–Crippen MR) is 103 cm³/mol.